The van der Waals surface area contributed by atoms with Crippen LogP contribution in [-0.2, 0) is 9.59 Å². The van der Waals surface area contributed by atoms with Crippen LogP contribution in [0, 0.1) is 6.92 Å². The average Bonchev–Trinajstić information content (AvgIpc) is 2.89. The smallest absolute Gasteiger partial charge is 0.266 e. The van der Waals surface area contributed by atoms with Crippen molar-refractivity contribution in [3.05, 3.63) is 76.2 Å². The maximum atomic E-state index is 12.9. The molecule has 1 saturated heterocycles. The number of carbonyl (C=O) groups is 2. The number of benzene rings is 2. The summed E-state index contributed by atoms with van der Waals surface area (Å²) in [5.74, 6) is -1.51. The van der Waals surface area contributed by atoms with Crippen molar-refractivity contribution in [1.82, 2.24) is 4.90 Å². The van der Waals surface area contributed by atoms with E-state index < -0.39 is 12.0 Å². The van der Waals surface area contributed by atoms with Gasteiger partial charge in [-0.3, -0.25) is 9.69 Å². The Morgan fingerprint density at radius 3 is 2.46 bits per heavy atom. The molecule has 0 radical (unpaired) electrons. The Kier molecular flexibility index (Phi) is 5.54. The lowest BCUT2D eigenvalue weighted by Crippen LogP contribution is -2.37. The van der Waals surface area contributed by atoms with Crippen LogP contribution in [-0.4, -0.2) is 21.1 Å². The molecule has 0 unspecified atom stereocenters. The number of carbonyl (C=O) groups excluding carboxylic acids is 2. The van der Waals surface area contributed by atoms with Crippen molar-refractivity contribution >= 4 is 46.3 Å². The number of rotatable bonds is 5. The summed E-state index contributed by atoms with van der Waals surface area (Å²) < 4.78 is 0.350. The zero-order valence-corrected chi connectivity index (χ0v) is 15.7. The first-order chi connectivity index (χ1) is 12.5. The van der Waals surface area contributed by atoms with E-state index in [1.807, 2.05) is 37.3 Å². The molecule has 1 atom stereocenters. The minimum Gasteiger partial charge on any atom is -0.550 e. The van der Waals surface area contributed by atoms with Crippen molar-refractivity contribution in [3.63, 3.8) is 0 Å². The van der Waals surface area contributed by atoms with Crippen molar-refractivity contribution in [2.24, 2.45) is 0 Å². The van der Waals surface area contributed by atoms with E-state index in [9.17, 15) is 14.7 Å². The van der Waals surface area contributed by atoms with Crippen LogP contribution in [0.1, 0.15) is 29.2 Å². The number of carboxylic acid groups (broad SMARTS) is 1. The average molecular weight is 382 g/mol. The van der Waals surface area contributed by atoms with E-state index in [-0.39, 0.29) is 12.3 Å². The maximum Gasteiger partial charge on any atom is 0.266 e. The van der Waals surface area contributed by atoms with Crippen molar-refractivity contribution in [2.75, 3.05) is 0 Å². The molecule has 26 heavy (non-hydrogen) atoms. The van der Waals surface area contributed by atoms with Crippen molar-refractivity contribution in [3.8, 4) is 0 Å². The van der Waals surface area contributed by atoms with E-state index in [2.05, 4.69) is 0 Å². The van der Waals surface area contributed by atoms with Gasteiger partial charge in [-0.1, -0.05) is 84.1 Å². The number of aliphatic carboxylic acids is 1. The molecule has 0 bridgehead atoms. The quantitative estimate of drug-likeness (QED) is 0.587. The van der Waals surface area contributed by atoms with E-state index in [1.165, 1.54) is 16.7 Å². The molecule has 0 aliphatic carbocycles. The molecule has 1 fully saturated rings. The second-order valence-corrected chi connectivity index (χ2v) is 7.64. The van der Waals surface area contributed by atoms with Crippen molar-refractivity contribution in [1.29, 1.82) is 0 Å². The molecule has 3 rings (SSSR count). The zero-order chi connectivity index (χ0) is 18.7. The van der Waals surface area contributed by atoms with Gasteiger partial charge in [-0.05, 0) is 24.1 Å². The van der Waals surface area contributed by atoms with Crippen LogP contribution in [0.25, 0.3) is 6.08 Å². The lowest BCUT2D eigenvalue weighted by molar-refractivity contribution is -0.306. The molecule has 0 spiro atoms. The van der Waals surface area contributed by atoms with Gasteiger partial charge < -0.3 is 9.90 Å². The van der Waals surface area contributed by atoms with Crippen LogP contribution in [0.15, 0.2) is 59.5 Å². The molecular weight excluding hydrogens is 366 g/mol. The highest BCUT2D eigenvalue weighted by Gasteiger charge is 2.37. The summed E-state index contributed by atoms with van der Waals surface area (Å²) in [4.78, 5) is 26.0. The van der Waals surface area contributed by atoms with Crippen LogP contribution >= 0.6 is 24.0 Å². The third kappa shape index (κ3) is 4.03. The second kappa shape index (κ2) is 7.85. The molecule has 2 aromatic rings. The number of amides is 1. The summed E-state index contributed by atoms with van der Waals surface area (Å²) in [6.45, 7) is 1.99. The monoisotopic (exact) mass is 382 g/mol. The molecule has 0 N–H and O–H groups in total. The molecule has 4 nitrogen and oxygen atoms in total. The third-order valence-electron chi connectivity index (χ3n) is 4.05. The molecule has 1 heterocycles. The van der Waals surface area contributed by atoms with E-state index in [1.54, 1.807) is 30.3 Å². The van der Waals surface area contributed by atoms with Gasteiger partial charge in [0.25, 0.3) is 5.91 Å². The summed E-state index contributed by atoms with van der Waals surface area (Å²) in [6, 6.07) is 16.1. The largest absolute Gasteiger partial charge is 0.550 e. The van der Waals surface area contributed by atoms with E-state index in [0.29, 0.717) is 14.8 Å². The molecule has 0 saturated carbocycles. The topological polar surface area (TPSA) is 60.4 Å². The highest BCUT2D eigenvalue weighted by molar-refractivity contribution is 8.26. The molecule has 6 heteroatoms. The first-order valence-electron chi connectivity index (χ1n) is 8.04. The molecule has 0 aromatic heterocycles. The summed E-state index contributed by atoms with van der Waals surface area (Å²) in [6.07, 6.45) is 1.47. The van der Waals surface area contributed by atoms with Crippen LogP contribution in [0.2, 0.25) is 0 Å². The number of nitrogens with zero attached hydrogens (tertiary/aromatic N) is 1. The number of hydrogen-bond donors (Lipinski definition) is 0. The van der Waals surface area contributed by atoms with Gasteiger partial charge in [-0.25, -0.2) is 0 Å². The van der Waals surface area contributed by atoms with E-state index >= 15 is 0 Å². The highest BCUT2D eigenvalue weighted by atomic mass is 32.2. The van der Waals surface area contributed by atoms with Crippen LogP contribution in [0.3, 0.4) is 0 Å². The van der Waals surface area contributed by atoms with Crippen LogP contribution in [0.5, 0.6) is 0 Å². The van der Waals surface area contributed by atoms with Crippen LogP contribution < -0.4 is 5.11 Å². The Labute approximate surface area is 161 Å². The van der Waals surface area contributed by atoms with Crippen molar-refractivity contribution in [2.45, 2.75) is 19.4 Å². The molecule has 1 aliphatic rings. The Balaban J connectivity index is 1.93. The molecule has 1 aliphatic heterocycles. The molecule has 1 amide bonds. The van der Waals surface area contributed by atoms with Gasteiger partial charge in [-0.15, -0.1) is 0 Å². The molecule has 2 aromatic carbocycles. The van der Waals surface area contributed by atoms with Crippen molar-refractivity contribution < 1.29 is 14.7 Å². The summed E-state index contributed by atoms with van der Waals surface area (Å²) in [7, 11) is 0. The fourth-order valence-electron chi connectivity index (χ4n) is 2.75. The molecule has 132 valence electrons. The van der Waals surface area contributed by atoms with Gasteiger partial charge in [0.2, 0.25) is 0 Å². The molecular formula is C20H16NO3S2-. The number of thiocarbonyl (C=S) groups is 1. The Morgan fingerprint density at radius 2 is 1.85 bits per heavy atom. The van der Waals surface area contributed by atoms with Gasteiger partial charge in [0.1, 0.15) is 4.32 Å². The lowest BCUT2D eigenvalue weighted by atomic mass is 10.0. The van der Waals surface area contributed by atoms with E-state index in [0.717, 1.165) is 11.1 Å². The minimum atomic E-state index is -1.23. The van der Waals surface area contributed by atoms with Gasteiger partial charge in [-0.2, -0.15) is 0 Å². The normalized spacial score (nSPS) is 17.0. The number of aryl methyl sites for hydroxylation is 1. The minimum absolute atomic E-state index is 0.282. The summed E-state index contributed by atoms with van der Waals surface area (Å²) in [5.41, 5.74) is 2.74. The van der Waals surface area contributed by atoms with Gasteiger partial charge in [0.05, 0.1) is 10.9 Å². The maximum absolute atomic E-state index is 12.9. The second-order valence-electron chi connectivity index (χ2n) is 5.97. The summed E-state index contributed by atoms with van der Waals surface area (Å²) in [5, 5.41) is 11.2. The Hall–Kier alpha value is -2.44. The Bertz CT molecular complexity index is 876. The number of thioether (sulfide) groups is 1. The highest BCUT2D eigenvalue weighted by Crippen LogP contribution is 2.39. The Morgan fingerprint density at radius 1 is 1.19 bits per heavy atom. The predicted molar refractivity (Wildman–Crippen MR) is 105 cm³/mol. The van der Waals surface area contributed by atoms with Gasteiger partial charge in [0.15, 0.2) is 0 Å². The van der Waals surface area contributed by atoms with Gasteiger partial charge >= 0.3 is 0 Å². The predicted octanol–water partition coefficient (Wildman–Crippen LogP) is 3.08. The first kappa shape index (κ1) is 18.4. The summed E-state index contributed by atoms with van der Waals surface area (Å²) >= 11 is 6.56. The SMILES string of the molecule is Cc1ccc(/C=C2\SC(=S)N([C@@H](CC(=O)[O-])c3ccccc3)C2=O)cc1. The fraction of sp³-hybridized carbons (Fsp3) is 0.150. The fourth-order valence-corrected chi connectivity index (χ4v) is 4.11. The van der Waals surface area contributed by atoms with E-state index in [4.69, 9.17) is 12.2 Å². The first-order valence-corrected chi connectivity index (χ1v) is 9.26. The zero-order valence-electron chi connectivity index (χ0n) is 14.0. The van der Waals surface area contributed by atoms with Gasteiger partial charge in [0, 0.05) is 12.4 Å². The number of hydrogen-bond acceptors (Lipinski definition) is 5. The standard InChI is InChI=1S/C20H17NO3S2/c1-13-7-9-14(10-8-13)11-17-19(24)21(20(25)26-17)16(12-18(22)23)15-5-3-2-4-6-15/h2-11,16H,12H2,1H3,(H,22,23)/p-1/b17-11-/t16-/m0/s1. The number of carboxylic acids is 1. The lowest BCUT2D eigenvalue weighted by Gasteiger charge is -2.27. The third-order valence-corrected chi connectivity index (χ3v) is 5.39. The van der Waals surface area contributed by atoms with Crippen LogP contribution in [0.4, 0.5) is 0 Å².